The summed E-state index contributed by atoms with van der Waals surface area (Å²) >= 11 is 0.909. The molecule has 0 radical (unpaired) electrons. The molecule has 34 heavy (non-hydrogen) atoms. The van der Waals surface area contributed by atoms with Crippen LogP contribution in [-0.4, -0.2) is 44.6 Å². The Morgan fingerprint density at radius 2 is 2.06 bits per heavy atom. The number of nitrogens with zero attached hydrogens (tertiary/aromatic N) is 3. The zero-order chi connectivity index (χ0) is 24.6. The summed E-state index contributed by atoms with van der Waals surface area (Å²) in [5.74, 6) is -2.38. The van der Waals surface area contributed by atoms with Crippen LogP contribution in [0.2, 0.25) is 0 Å². The van der Waals surface area contributed by atoms with Gasteiger partial charge in [-0.1, -0.05) is 0 Å². The second-order valence-electron chi connectivity index (χ2n) is 8.17. The Morgan fingerprint density at radius 3 is 2.74 bits per heavy atom. The number of halogens is 3. The zero-order valence-corrected chi connectivity index (χ0v) is 19.3. The number of thiazole rings is 1. The van der Waals surface area contributed by atoms with Gasteiger partial charge in [-0.25, -0.2) is 18.2 Å². The number of benzene rings is 1. The molecule has 2 aromatic heterocycles. The highest BCUT2D eigenvalue weighted by Gasteiger charge is 2.30. The Bertz CT molecular complexity index is 1160. The van der Waals surface area contributed by atoms with E-state index in [9.17, 15) is 23.1 Å². The number of nitrogens with one attached hydrogen (secondary N) is 1. The van der Waals surface area contributed by atoms with E-state index in [4.69, 9.17) is 10.5 Å². The topological polar surface area (TPSA) is 115 Å². The van der Waals surface area contributed by atoms with Gasteiger partial charge in [0.05, 0.1) is 35.9 Å². The molecule has 3 heterocycles. The first kappa shape index (κ1) is 24.3. The fourth-order valence-corrected chi connectivity index (χ4v) is 4.64. The molecule has 182 valence electrons. The first-order valence-corrected chi connectivity index (χ1v) is 11.5. The zero-order valence-electron chi connectivity index (χ0n) is 18.5. The summed E-state index contributed by atoms with van der Waals surface area (Å²) in [4.78, 5) is 16.9. The van der Waals surface area contributed by atoms with Crippen molar-refractivity contribution in [3.05, 3.63) is 52.3 Å². The third-order valence-electron chi connectivity index (χ3n) is 5.72. The molecule has 8 nitrogen and oxygen atoms in total. The molecule has 1 fully saturated rings. The summed E-state index contributed by atoms with van der Waals surface area (Å²) in [5.41, 5.74) is 6.39. The van der Waals surface area contributed by atoms with Gasteiger partial charge < -0.3 is 20.9 Å². The molecule has 12 heteroatoms. The minimum absolute atomic E-state index is 0.0150. The smallest absolute Gasteiger partial charge is 0.275 e. The third-order valence-corrected chi connectivity index (χ3v) is 6.58. The molecular formula is C22H24F3N5O3S. The van der Waals surface area contributed by atoms with Gasteiger partial charge in [0.1, 0.15) is 34.6 Å². The normalized spacial score (nSPS) is 21.8. The molecule has 1 aliphatic rings. The van der Waals surface area contributed by atoms with Crippen LogP contribution in [0.15, 0.2) is 23.7 Å². The van der Waals surface area contributed by atoms with Gasteiger partial charge in [-0.15, -0.1) is 11.3 Å². The number of carbonyl (C=O) groups is 1. The van der Waals surface area contributed by atoms with Crippen molar-refractivity contribution in [2.24, 2.45) is 12.8 Å². The molecule has 4 N–H and O–H groups in total. The molecule has 3 aromatic rings. The van der Waals surface area contributed by atoms with Crippen LogP contribution in [0.5, 0.6) is 0 Å². The highest BCUT2D eigenvalue weighted by atomic mass is 32.1. The van der Waals surface area contributed by atoms with Gasteiger partial charge in [-0.3, -0.25) is 9.48 Å². The van der Waals surface area contributed by atoms with E-state index in [1.54, 1.807) is 7.05 Å². The number of aliphatic hydroxyl groups excluding tert-OH is 1. The number of alkyl halides is 1. The van der Waals surface area contributed by atoms with Crippen LogP contribution in [0.1, 0.15) is 53.7 Å². The average molecular weight is 496 g/mol. The highest BCUT2D eigenvalue weighted by Crippen LogP contribution is 2.34. The third kappa shape index (κ3) is 4.85. The van der Waals surface area contributed by atoms with Crippen LogP contribution in [0.3, 0.4) is 0 Å². The quantitative estimate of drug-likeness (QED) is 0.498. The van der Waals surface area contributed by atoms with Crippen LogP contribution >= 0.6 is 11.3 Å². The van der Waals surface area contributed by atoms with E-state index in [1.165, 1.54) is 23.2 Å². The van der Waals surface area contributed by atoms with Crippen molar-refractivity contribution >= 4 is 22.9 Å². The van der Waals surface area contributed by atoms with Crippen molar-refractivity contribution in [3.63, 3.8) is 0 Å². The Labute approximate surface area is 197 Å². The van der Waals surface area contributed by atoms with Gasteiger partial charge in [0, 0.05) is 18.5 Å². The largest absolute Gasteiger partial charge is 0.389 e. The standard InChI is InChI=1S/C22H24F3N5O3S/c1-10(31)11-5-12(23)19(13(24)6-11)22-29-17(9-34-22)21(32)28-16-7-27-30(2)20(16)18-4-3-15(26)14(25)8-33-18/h5-7,9-10,14-15,18,31H,3-4,8,26H2,1-2H3,(H,28,32). The predicted octanol–water partition coefficient (Wildman–Crippen LogP) is 3.64. The van der Waals surface area contributed by atoms with Crippen molar-refractivity contribution in [1.29, 1.82) is 0 Å². The van der Waals surface area contributed by atoms with Crippen LogP contribution in [-0.2, 0) is 11.8 Å². The number of rotatable bonds is 5. The molecule has 4 rings (SSSR count). The monoisotopic (exact) mass is 495 g/mol. The summed E-state index contributed by atoms with van der Waals surface area (Å²) in [6.45, 7) is 1.24. The Balaban J connectivity index is 1.55. The molecule has 1 amide bonds. The molecule has 1 saturated heterocycles. The second-order valence-corrected chi connectivity index (χ2v) is 9.03. The summed E-state index contributed by atoms with van der Waals surface area (Å²) in [6.07, 6.45) is -0.531. The number of anilines is 1. The van der Waals surface area contributed by atoms with E-state index in [0.717, 1.165) is 23.5 Å². The van der Waals surface area contributed by atoms with E-state index in [-0.39, 0.29) is 28.4 Å². The number of hydrogen-bond donors (Lipinski definition) is 3. The lowest BCUT2D eigenvalue weighted by Crippen LogP contribution is -2.32. The van der Waals surface area contributed by atoms with E-state index >= 15 is 0 Å². The van der Waals surface area contributed by atoms with E-state index in [1.807, 2.05) is 0 Å². The number of amides is 1. The summed E-state index contributed by atoms with van der Waals surface area (Å²) in [7, 11) is 1.68. The van der Waals surface area contributed by atoms with Crippen molar-refractivity contribution in [2.75, 3.05) is 11.9 Å². The number of aryl methyl sites for hydroxylation is 1. The van der Waals surface area contributed by atoms with E-state index in [0.29, 0.717) is 24.2 Å². The average Bonchev–Trinajstić information content (AvgIpc) is 3.36. The molecule has 0 spiro atoms. The summed E-state index contributed by atoms with van der Waals surface area (Å²) in [6, 6.07) is 1.44. The lowest BCUT2D eigenvalue weighted by Gasteiger charge is -2.17. The van der Waals surface area contributed by atoms with Gasteiger partial charge >= 0.3 is 0 Å². The summed E-state index contributed by atoms with van der Waals surface area (Å²) < 4.78 is 50.2. The number of nitrogens with two attached hydrogens (primary N) is 1. The van der Waals surface area contributed by atoms with Gasteiger partial charge in [-0.2, -0.15) is 5.10 Å². The van der Waals surface area contributed by atoms with Gasteiger partial charge in [0.25, 0.3) is 5.91 Å². The summed E-state index contributed by atoms with van der Waals surface area (Å²) in [5, 5.41) is 17.8. The maximum atomic E-state index is 14.5. The van der Waals surface area contributed by atoms with Crippen molar-refractivity contribution < 1.29 is 27.8 Å². The molecule has 1 aromatic carbocycles. The number of carbonyl (C=O) groups excluding carboxylic acids is 1. The van der Waals surface area contributed by atoms with Gasteiger partial charge in [0.15, 0.2) is 0 Å². The van der Waals surface area contributed by atoms with Crippen LogP contribution in [0.25, 0.3) is 10.6 Å². The van der Waals surface area contributed by atoms with Gasteiger partial charge in [-0.05, 0) is 37.5 Å². The Hall–Kier alpha value is -2.80. The van der Waals surface area contributed by atoms with Crippen molar-refractivity contribution in [3.8, 4) is 10.6 Å². The first-order chi connectivity index (χ1) is 16.2. The SMILES string of the molecule is CC(O)c1cc(F)c(-c2nc(C(=O)Nc3cnn(C)c3C3CCC(N)C(F)CO3)cs2)c(F)c1. The van der Waals surface area contributed by atoms with Gasteiger partial charge in [0.2, 0.25) is 0 Å². The minimum atomic E-state index is -1.28. The number of ether oxygens (including phenoxy) is 1. The highest BCUT2D eigenvalue weighted by molar-refractivity contribution is 7.13. The number of aromatic nitrogens is 3. The molecular weight excluding hydrogens is 471 g/mol. The van der Waals surface area contributed by atoms with E-state index < -0.39 is 42.0 Å². The van der Waals surface area contributed by atoms with Crippen LogP contribution in [0.4, 0.5) is 18.9 Å². The Kier molecular flexibility index (Phi) is 7.03. The maximum absolute atomic E-state index is 14.5. The van der Waals surface area contributed by atoms with Crippen LogP contribution < -0.4 is 11.1 Å². The van der Waals surface area contributed by atoms with E-state index in [2.05, 4.69) is 15.4 Å². The van der Waals surface area contributed by atoms with Crippen LogP contribution in [0, 0.1) is 11.6 Å². The molecule has 0 saturated carbocycles. The number of aliphatic hydroxyl groups is 1. The lowest BCUT2D eigenvalue weighted by molar-refractivity contribution is 0.0247. The first-order valence-electron chi connectivity index (χ1n) is 10.6. The molecule has 0 aliphatic carbocycles. The number of hydrogen-bond acceptors (Lipinski definition) is 7. The lowest BCUT2D eigenvalue weighted by atomic mass is 10.0. The maximum Gasteiger partial charge on any atom is 0.275 e. The fourth-order valence-electron chi connectivity index (χ4n) is 3.80. The molecule has 4 unspecified atom stereocenters. The molecule has 4 atom stereocenters. The van der Waals surface area contributed by atoms with Crippen molar-refractivity contribution in [1.82, 2.24) is 14.8 Å². The minimum Gasteiger partial charge on any atom is -0.389 e. The molecule has 0 bridgehead atoms. The predicted molar refractivity (Wildman–Crippen MR) is 120 cm³/mol. The van der Waals surface area contributed by atoms with Crippen molar-refractivity contribution in [2.45, 2.75) is 44.2 Å². The Morgan fingerprint density at radius 1 is 1.35 bits per heavy atom. The fraction of sp³-hybridized carbons (Fsp3) is 0.409. The second kappa shape index (κ2) is 9.82. The molecule has 1 aliphatic heterocycles.